The van der Waals surface area contributed by atoms with Crippen LogP contribution in [0, 0.1) is 29.6 Å². The van der Waals surface area contributed by atoms with Gasteiger partial charge in [-0.15, -0.1) is 12.4 Å². The predicted molar refractivity (Wildman–Crippen MR) is 131 cm³/mol. The van der Waals surface area contributed by atoms with Crippen LogP contribution in [-0.2, 0) is 9.59 Å². The molecule has 31 heavy (non-hydrogen) atoms. The Kier molecular flexibility index (Phi) is 11.8. The Morgan fingerprint density at radius 3 is 2.32 bits per heavy atom. The molecule has 1 amide bonds. The standard InChI is InChI=1S/C26H42N2O2.ClH/c1-17(2)15-23(27)26(30)28-24(20-9-7-6-8-10-20)13-14-25(29)22-16-19(5)11-12-21(22)18(3)4;/h6-10,17-19,21-24H,11-16,27H2,1-5H3,(H,28,30);1H/t19-,21+,22-,23+,24-;/m1./s1. The number of rotatable bonds is 10. The SMILES string of the molecule is CC(C)C[C@H](N)C(=O)N[C@H](CCC(=O)[C@@H]1C[C@H](C)CC[C@H]1C(C)C)c1ccccc1.Cl. The van der Waals surface area contributed by atoms with E-state index in [-0.39, 0.29) is 30.3 Å². The number of nitrogens with one attached hydrogen (secondary N) is 1. The molecule has 176 valence electrons. The van der Waals surface area contributed by atoms with Gasteiger partial charge in [0, 0.05) is 12.3 Å². The summed E-state index contributed by atoms with van der Waals surface area (Å²) in [6, 6.07) is 9.25. The van der Waals surface area contributed by atoms with Crippen molar-refractivity contribution in [3.05, 3.63) is 35.9 Å². The fourth-order valence-electron chi connectivity index (χ4n) is 4.95. The summed E-state index contributed by atoms with van der Waals surface area (Å²) in [5.74, 6) is 2.39. The van der Waals surface area contributed by atoms with Gasteiger partial charge in [-0.2, -0.15) is 0 Å². The van der Waals surface area contributed by atoms with Crippen LogP contribution in [0.4, 0.5) is 0 Å². The predicted octanol–water partition coefficient (Wildman–Crippen LogP) is 5.70. The Morgan fingerprint density at radius 2 is 1.74 bits per heavy atom. The zero-order valence-electron chi connectivity index (χ0n) is 20.0. The molecule has 1 aliphatic carbocycles. The number of hydrogen-bond acceptors (Lipinski definition) is 3. The lowest BCUT2D eigenvalue weighted by molar-refractivity contribution is -0.128. The molecule has 5 atom stereocenters. The molecule has 0 heterocycles. The summed E-state index contributed by atoms with van der Waals surface area (Å²) >= 11 is 0. The van der Waals surface area contributed by atoms with Crippen molar-refractivity contribution in [1.82, 2.24) is 5.32 Å². The monoisotopic (exact) mass is 450 g/mol. The Morgan fingerprint density at radius 1 is 1.10 bits per heavy atom. The zero-order valence-corrected chi connectivity index (χ0v) is 20.8. The van der Waals surface area contributed by atoms with Crippen LogP contribution in [0.3, 0.4) is 0 Å². The second-order valence-corrected chi connectivity index (χ2v) is 10.1. The van der Waals surface area contributed by atoms with Crippen LogP contribution in [0.25, 0.3) is 0 Å². The largest absolute Gasteiger partial charge is 0.348 e. The lowest BCUT2D eigenvalue weighted by Crippen LogP contribution is -2.43. The quantitative estimate of drug-likeness (QED) is 0.480. The van der Waals surface area contributed by atoms with E-state index >= 15 is 0 Å². The van der Waals surface area contributed by atoms with E-state index in [1.807, 2.05) is 30.3 Å². The van der Waals surface area contributed by atoms with Gasteiger partial charge in [0.2, 0.25) is 5.91 Å². The molecule has 0 unspecified atom stereocenters. The molecule has 0 radical (unpaired) electrons. The third-order valence-corrected chi connectivity index (χ3v) is 6.70. The van der Waals surface area contributed by atoms with Gasteiger partial charge in [-0.25, -0.2) is 0 Å². The number of carbonyl (C=O) groups excluding carboxylic acids is 2. The van der Waals surface area contributed by atoms with Gasteiger partial charge in [0.05, 0.1) is 12.1 Å². The summed E-state index contributed by atoms with van der Waals surface area (Å²) in [7, 11) is 0. The molecular weight excluding hydrogens is 408 g/mol. The summed E-state index contributed by atoms with van der Waals surface area (Å²) in [5.41, 5.74) is 7.14. The molecule has 2 rings (SSSR count). The van der Waals surface area contributed by atoms with Crippen molar-refractivity contribution < 1.29 is 9.59 Å². The maximum absolute atomic E-state index is 13.2. The first-order valence-electron chi connectivity index (χ1n) is 11.8. The van der Waals surface area contributed by atoms with Crippen LogP contribution in [0.2, 0.25) is 0 Å². The highest BCUT2D eigenvalue weighted by atomic mass is 35.5. The number of carbonyl (C=O) groups is 2. The molecule has 0 spiro atoms. The summed E-state index contributed by atoms with van der Waals surface area (Å²) < 4.78 is 0. The molecule has 1 fully saturated rings. The van der Waals surface area contributed by atoms with Crippen LogP contribution < -0.4 is 11.1 Å². The van der Waals surface area contributed by atoms with Gasteiger partial charge in [0.25, 0.3) is 0 Å². The number of hydrogen-bond donors (Lipinski definition) is 2. The molecule has 3 N–H and O–H groups in total. The van der Waals surface area contributed by atoms with Gasteiger partial charge in [-0.3, -0.25) is 9.59 Å². The van der Waals surface area contributed by atoms with Crippen molar-refractivity contribution in [1.29, 1.82) is 0 Å². The van der Waals surface area contributed by atoms with E-state index in [1.54, 1.807) is 0 Å². The lowest BCUT2D eigenvalue weighted by Gasteiger charge is -2.36. The first kappa shape index (κ1) is 27.6. The van der Waals surface area contributed by atoms with Gasteiger partial charge in [-0.1, -0.05) is 71.4 Å². The maximum atomic E-state index is 13.2. The molecule has 0 aliphatic heterocycles. The van der Waals surface area contributed by atoms with Crippen molar-refractivity contribution in [2.24, 2.45) is 35.3 Å². The van der Waals surface area contributed by atoms with E-state index in [1.165, 1.54) is 6.42 Å². The lowest BCUT2D eigenvalue weighted by atomic mass is 9.68. The van der Waals surface area contributed by atoms with Crippen LogP contribution in [0.15, 0.2) is 30.3 Å². The van der Waals surface area contributed by atoms with Crippen molar-refractivity contribution in [2.45, 2.75) is 85.2 Å². The second-order valence-electron chi connectivity index (χ2n) is 10.1. The average molecular weight is 451 g/mol. The van der Waals surface area contributed by atoms with Crippen molar-refractivity contribution in [3.63, 3.8) is 0 Å². The van der Waals surface area contributed by atoms with Crippen LogP contribution in [0.5, 0.6) is 0 Å². The Hall–Kier alpha value is -1.39. The Labute approximate surface area is 195 Å². The van der Waals surface area contributed by atoms with E-state index in [4.69, 9.17) is 5.73 Å². The third-order valence-electron chi connectivity index (χ3n) is 6.70. The topological polar surface area (TPSA) is 72.2 Å². The number of ketones is 1. The minimum atomic E-state index is -0.517. The third kappa shape index (κ3) is 8.57. The number of amides is 1. The van der Waals surface area contributed by atoms with E-state index in [0.717, 1.165) is 18.4 Å². The molecule has 1 saturated carbocycles. The van der Waals surface area contributed by atoms with E-state index in [2.05, 4.69) is 39.9 Å². The smallest absolute Gasteiger partial charge is 0.237 e. The molecule has 0 bridgehead atoms. The van der Waals surface area contributed by atoms with Crippen LogP contribution in [-0.4, -0.2) is 17.7 Å². The maximum Gasteiger partial charge on any atom is 0.237 e. The fourth-order valence-corrected chi connectivity index (χ4v) is 4.95. The molecule has 0 aromatic heterocycles. The van der Waals surface area contributed by atoms with E-state index < -0.39 is 6.04 Å². The number of Topliss-reactive ketones (excluding diaryl/α,β-unsaturated/α-hetero) is 1. The van der Waals surface area contributed by atoms with E-state index in [9.17, 15) is 9.59 Å². The summed E-state index contributed by atoms with van der Waals surface area (Å²) in [5, 5.41) is 3.12. The number of halogens is 1. The molecule has 1 aliphatic rings. The molecule has 0 saturated heterocycles. The van der Waals surface area contributed by atoms with Crippen LogP contribution in [0.1, 0.15) is 84.7 Å². The minimum Gasteiger partial charge on any atom is -0.348 e. The van der Waals surface area contributed by atoms with E-state index in [0.29, 0.717) is 48.7 Å². The van der Waals surface area contributed by atoms with Gasteiger partial charge in [0.15, 0.2) is 0 Å². The second kappa shape index (κ2) is 13.2. The first-order valence-corrected chi connectivity index (χ1v) is 11.8. The highest BCUT2D eigenvalue weighted by Crippen LogP contribution is 2.39. The zero-order chi connectivity index (χ0) is 22.3. The van der Waals surface area contributed by atoms with Crippen molar-refractivity contribution in [3.8, 4) is 0 Å². The molecule has 1 aromatic carbocycles. The summed E-state index contributed by atoms with van der Waals surface area (Å²) in [4.78, 5) is 25.9. The van der Waals surface area contributed by atoms with Gasteiger partial charge in [0.1, 0.15) is 5.78 Å². The highest BCUT2D eigenvalue weighted by molar-refractivity contribution is 5.85. The molecule has 5 heteroatoms. The molecule has 1 aromatic rings. The van der Waals surface area contributed by atoms with Gasteiger partial charge in [-0.05, 0) is 54.9 Å². The number of nitrogens with two attached hydrogens (primary N) is 1. The van der Waals surface area contributed by atoms with Gasteiger partial charge >= 0.3 is 0 Å². The Balaban J connectivity index is 0.00000480. The number of benzene rings is 1. The average Bonchev–Trinajstić information content (AvgIpc) is 2.70. The molecular formula is C26H43ClN2O2. The molecule has 4 nitrogen and oxygen atoms in total. The summed E-state index contributed by atoms with van der Waals surface area (Å²) in [6.45, 7) is 10.9. The minimum absolute atomic E-state index is 0. The fraction of sp³-hybridized carbons (Fsp3) is 0.692. The normalized spacial score (nSPS) is 23.2. The highest BCUT2D eigenvalue weighted by Gasteiger charge is 2.35. The summed E-state index contributed by atoms with van der Waals surface area (Å²) in [6.07, 6.45) is 5.16. The van der Waals surface area contributed by atoms with Crippen molar-refractivity contribution >= 4 is 24.1 Å². The first-order chi connectivity index (χ1) is 14.2. The van der Waals surface area contributed by atoms with Crippen LogP contribution >= 0.6 is 12.4 Å². The van der Waals surface area contributed by atoms with Gasteiger partial charge < -0.3 is 11.1 Å². The van der Waals surface area contributed by atoms with Crippen molar-refractivity contribution in [2.75, 3.05) is 0 Å². The Bertz CT molecular complexity index is 677.